The van der Waals surface area contributed by atoms with Gasteiger partial charge in [0.1, 0.15) is 23.8 Å². The molecule has 0 aromatic heterocycles. The van der Waals surface area contributed by atoms with Crippen LogP contribution in [0.25, 0.3) is 0 Å². The Morgan fingerprint density at radius 2 is 1.93 bits per heavy atom. The smallest absolute Gasteiger partial charge is 0.254 e. The molecular formula is C21H23FINO3. The van der Waals surface area contributed by atoms with E-state index in [0.717, 1.165) is 11.1 Å². The summed E-state index contributed by atoms with van der Waals surface area (Å²) in [5, 5.41) is 0. The minimum atomic E-state index is -0.295. The van der Waals surface area contributed by atoms with Crippen LogP contribution in [0.4, 0.5) is 4.39 Å². The molecule has 1 saturated heterocycles. The fourth-order valence-corrected chi connectivity index (χ4v) is 3.87. The summed E-state index contributed by atoms with van der Waals surface area (Å²) in [5.74, 6) is 0.339. The molecule has 3 rings (SSSR count). The van der Waals surface area contributed by atoms with Gasteiger partial charge < -0.3 is 14.4 Å². The number of aryl methyl sites for hydroxylation is 2. The van der Waals surface area contributed by atoms with Crippen LogP contribution in [0.3, 0.4) is 0 Å². The fourth-order valence-electron chi connectivity index (χ4n) is 3.29. The van der Waals surface area contributed by atoms with E-state index in [1.54, 1.807) is 24.1 Å². The second-order valence-electron chi connectivity index (χ2n) is 6.85. The third kappa shape index (κ3) is 4.43. The van der Waals surface area contributed by atoms with Crippen LogP contribution < -0.4 is 4.74 Å². The Kier molecular flexibility index (Phi) is 6.37. The molecule has 2 aromatic rings. The van der Waals surface area contributed by atoms with Gasteiger partial charge in [0.05, 0.1) is 13.1 Å². The molecule has 2 aromatic carbocycles. The van der Waals surface area contributed by atoms with Crippen molar-refractivity contribution in [2.24, 2.45) is 0 Å². The lowest BCUT2D eigenvalue weighted by Crippen LogP contribution is -2.32. The van der Waals surface area contributed by atoms with Crippen molar-refractivity contribution in [2.45, 2.75) is 30.5 Å². The van der Waals surface area contributed by atoms with Crippen LogP contribution in [0.2, 0.25) is 0 Å². The molecule has 1 aliphatic rings. The first-order valence-corrected chi connectivity index (χ1v) is 10.4. The first-order valence-electron chi connectivity index (χ1n) is 8.83. The van der Waals surface area contributed by atoms with Crippen LogP contribution in [-0.2, 0) is 9.16 Å². The maximum atomic E-state index is 13.7. The highest BCUT2D eigenvalue weighted by Gasteiger charge is 2.37. The summed E-state index contributed by atoms with van der Waals surface area (Å²) < 4.78 is 25.9. The summed E-state index contributed by atoms with van der Waals surface area (Å²) in [6.07, 6.45) is -0.524. The second kappa shape index (κ2) is 8.56. The van der Waals surface area contributed by atoms with E-state index >= 15 is 0 Å². The highest BCUT2D eigenvalue weighted by molar-refractivity contribution is 14.1. The van der Waals surface area contributed by atoms with E-state index in [4.69, 9.17) is 9.47 Å². The summed E-state index contributed by atoms with van der Waals surface area (Å²) in [4.78, 5) is 14.8. The van der Waals surface area contributed by atoms with Gasteiger partial charge in [-0.1, -0.05) is 40.3 Å². The molecule has 2 unspecified atom stereocenters. The number of amides is 1. The van der Waals surface area contributed by atoms with Gasteiger partial charge in [0, 0.05) is 22.7 Å². The minimum Gasteiger partial charge on any atom is -0.486 e. The van der Waals surface area contributed by atoms with Gasteiger partial charge in [-0.3, -0.25) is 4.79 Å². The van der Waals surface area contributed by atoms with Crippen LogP contribution in [0, 0.1) is 19.7 Å². The Morgan fingerprint density at radius 1 is 1.19 bits per heavy atom. The van der Waals surface area contributed by atoms with Gasteiger partial charge in [0.25, 0.3) is 5.91 Å². The van der Waals surface area contributed by atoms with Crippen molar-refractivity contribution in [2.75, 3.05) is 20.2 Å². The predicted molar refractivity (Wildman–Crippen MR) is 111 cm³/mol. The molecule has 0 bridgehead atoms. The first kappa shape index (κ1) is 20.1. The van der Waals surface area contributed by atoms with E-state index in [0.29, 0.717) is 34.4 Å². The molecule has 1 amide bonds. The molecule has 144 valence electrons. The molecule has 2 atom stereocenters. The Hall–Kier alpha value is -1.67. The summed E-state index contributed by atoms with van der Waals surface area (Å²) in [6.45, 7) is 4.81. The van der Waals surface area contributed by atoms with E-state index in [-0.39, 0.29) is 23.9 Å². The number of carbonyl (C=O) groups is 1. The molecule has 0 aliphatic carbocycles. The number of likely N-dealkylation sites (tertiary alicyclic amines) is 1. The van der Waals surface area contributed by atoms with Crippen molar-refractivity contribution in [1.29, 1.82) is 0 Å². The minimum absolute atomic E-state index is 0.0172. The zero-order chi connectivity index (χ0) is 19.6. The third-order valence-corrected chi connectivity index (χ3v) is 5.70. The SMILES string of the molecule is COC1CN(C(=O)c2cc(C)ccc2C)CC1Oc1ccc(F)c(CI)c1. The van der Waals surface area contributed by atoms with Crippen LogP contribution in [0.1, 0.15) is 27.0 Å². The van der Waals surface area contributed by atoms with Crippen molar-refractivity contribution in [3.05, 3.63) is 64.5 Å². The molecule has 4 nitrogen and oxygen atoms in total. The van der Waals surface area contributed by atoms with Gasteiger partial charge >= 0.3 is 0 Å². The molecule has 0 spiro atoms. The van der Waals surface area contributed by atoms with Gasteiger partial charge in [0.15, 0.2) is 0 Å². The molecule has 27 heavy (non-hydrogen) atoms. The normalized spacial score (nSPS) is 19.4. The molecule has 1 heterocycles. The number of nitrogens with zero attached hydrogens (tertiary/aromatic N) is 1. The molecule has 0 radical (unpaired) electrons. The van der Waals surface area contributed by atoms with Gasteiger partial charge in [-0.15, -0.1) is 0 Å². The monoisotopic (exact) mass is 483 g/mol. The van der Waals surface area contributed by atoms with Crippen molar-refractivity contribution in [3.8, 4) is 5.75 Å². The van der Waals surface area contributed by atoms with Gasteiger partial charge in [-0.05, 0) is 43.7 Å². The summed E-state index contributed by atoms with van der Waals surface area (Å²) >= 11 is 2.12. The van der Waals surface area contributed by atoms with Crippen LogP contribution >= 0.6 is 22.6 Å². The number of halogens is 2. The predicted octanol–water partition coefficient (Wildman–Crippen LogP) is 4.30. The number of methoxy groups -OCH3 is 1. The number of hydrogen-bond acceptors (Lipinski definition) is 3. The average molecular weight is 483 g/mol. The van der Waals surface area contributed by atoms with Crippen molar-refractivity contribution < 1.29 is 18.7 Å². The van der Waals surface area contributed by atoms with E-state index < -0.39 is 0 Å². The van der Waals surface area contributed by atoms with Gasteiger partial charge in [-0.25, -0.2) is 4.39 Å². The Bertz CT molecular complexity index is 842. The number of alkyl halides is 1. The van der Waals surface area contributed by atoms with Crippen molar-refractivity contribution in [1.82, 2.24) is 4.90 Å². The average Bonchev–Trinajstić information content (AvgIpc) is 3.07. The topological polar surface area (TPSA) is 38.8 Å². The van der Waals surface area contributed by atoms with E-state index in [1.165, 1.54) is 6.07 Å². The maximum absolute atomic E-state index is 13.7. The largest absolute Gasteiger partial charge is 0.486 e. The molecule has 1 aliphatic heterocycles. The summed E-state index contributed by atoms with van der Waals surface area (Å²) in [5.41, 5.74) is 3.31. The zero-order valence-electron chi connectivity index (χ0n) is 15.7. The molecular weight excluding hydrogens is 460 g/mol. The lowest BCUT2D eigenvalue weighted by molar-refractivity contribution is 0.0339. The number of hydrogen-bond donors (Lipinski definition) is 0. The maximum Gasteiger partial charge on any atom is 0.254 e. The third-order valence-electron chi connectivity index (χ3n) is 4.88. The molecule has 1 fully saturated rings. The van der Waals surface area contributed by atoms with Crippen LogP contribution in [0.5, 0.6) is 5.75 Å². The highest BCUT2D eigenvalue weighted by Crippen LogP contribution is 2.25. The Labute approximate surface area is 172 Å². The molecule has 6 heteroatoms. The first-order chi connectivity index (χ1) is 12.9. The van der Waals surface area contributed by atoms with Crippen molar-refractivity contribution >= 4 is 28.5 Å². The molecule has 0 N–H and O–H groups in total. The number of benzene rings is 2. The zero-order valence-corrected chi connectivity index (χ0v) is 17.8. The van der Waals surface area contributed by atoms with Crippen LogP contribution in [0.15, 0.2) is 36.4 Å². The quantitative estimate of drug-likeness (QED) is 0.471. The van der Waals surface area contributed by atoms with Crippen LogP contribution in [-0.4, -0.2) is 43.2 Å². The number of ether oxygens (including phenoxy) is 2. The Balaban J connectivity index is 1.77. The standard InChI is InChI=1S/C21H23FINO3/c1-13-4-5-14(2)17(8-13)21(25)24-11-19(26-3)20(12-24)27-16-6-7-18(22)15(9-16)10-23/h4-9,19-20H,10-12H2,1-3H3. The van der Waals surface area contributed by atoms with Gasteiger partial charge in [-0.2, -0.15) is 0 Å². The van der Waals surface area contributed by atoms with E-state index in [2.05, 4.69) is 22.6 Å². The Morgan fingerprint density at radius 3 is 2.63 bits per heavy atom. The van der Waals surface area contributed by atoms with Gasteiger partial charge in [0.2, 0.25) is 0 Å². The summed E-state index contributed by atoms with van der Waals surface area (Å²) in [6, 6.07) is 10.6. The molecule has 0 saturated carbocycles. The summed E-state index contributed by atoms with van der Waals surface area (Å²) in [7, 11) is 1.62. The lowest BCUT2D eigenvalue weighted by Gasteiger charge is -2.19. The fraction of sp³-hybridized carbons (Fsp3) is 0.381. The van der Waals surface area contributed by atoms with E-state index in [1.807, 2.05) is 32.0 Å². The number of carbonyl (C=O) groups excluding carboxylic acids is 1. The van der Waals surface area contributed by atoms with Crippen molar-refractivity contribution in [3.63, 3.8) is 0 Å². The number of rotatable bonds is 5. The second-order valence-corrected chi connectivity index (χ2v) is 7.61. The van der Waals surface area contributed by atoms with E-state index in [9.17, 15) is 9.18 Å². The lowest BCUT2D eigenvalue weighted by atomic mass is 10.0. The highest BCUT2D eigenvalue weighted by atomic mass is 127.